The summed E-state index contributed by atoms with van der Waals surface area (Å²) in [5.74, 6) is -3.15. The van der Waals surface area contributed by atoms with Gasteiger partial charge in [-0.25, -0.2) is 28.1 Å². The summed E-state index contributed by atoms with van der Waals surface area (Å²) in [5, 5.41) is 0. The van der Waals surface area contributed by atoms with Gasteiger partial charge in [0.15, 0.2) is 18.3 Å². The molecule has 1 aliphatic rings. The molecule has 6 atom stereocenters. The molecule has 3 aromatic rings. The maximum atomic E-state index is 14.4. The van der Waals surface area contributed by atoms with Gasteiger partial charge in [-0.2, -0.15) is 0 Å². The van der Waals surface area contributed by atoms with Crippen LogP contribution in [0.1, 0.15) is 72.6 Å². The molecule has 0 radical (unpaired) electrons. The number of esters is 3. The average Bonchev–Trinajstić information content (AvgIpc) is 3.23. The van der Waals surface area contributed by atoms with E-state index >= 15 is 0 Å². The van der Waals surface area contributed by atoms with Crippen molar-refractivity contribution >= 4 is 41.4 Å². The van der Waals surface area contributed by atoms with Crippen LogP contribution in [0, 0.1) is 0 Å². The number of phosphoric acid groups is 3. The molecular weight excluding hydrogens is 849 g/mol. The molecule has 0 N–H and O–H groups in total. The first-order chi connectivity index (χ1) is 28.8. The predicted octanol–water partition coefficient (Wildman–Crippen LogP) is 8.38. The number of carbonyl (C=O) groups excluding carboxylic acids is 3. The molecule has 0 aromatic heterocycles. The van der Waals surface area contributed by atoms with Gasteiger partial charge in [-0.05, 0) is 77.9 Å². The highest BCUT2D eigenvalue weighted by molar-refractivity contribution is 7.49. The average molecular weight is 901 g/mol. The number of hydrogen-bond acceptors (Lipinski definition) is 18. The molecule has 330 valence electrons. The fourth-order valence-corrected chi connectivity index (χ4v) is 9.97. The Balaban J connectivity index is 2.11. The predicted molar refractivity (Wildman–Crippen MR) is 214 cm³/mol. The summed E-state index contributed by atoms with van der Waals surface area (Å²) >= 11 is 0. The van der Waals surface area contributed by atoms with Crippen LogP contribution < -0.4 is 0 Å². The van der Waals surface area contributed by atoms with Gasteiger partial charge < -0.3 is 14.2 Å². The lowest BCUT2D eigenvalue weighted by atomic mass is 9.84. The maximum Gasteiger partial charge on any atom is 0.475 e. The van der Waals surface area contributed by atoms with Crippen molar-refractivity contribution in [3.05, 3.63) is 108 Å². The van der Waals surface area contributed by atoms with Crippen molar-refractivity contribution in [3.8, 4) is 0 Å². The Kier molecular flexibility index (Phi) is 19.3. The van der Waals surface area contributed by atoms with Gasteiger partial charge in [-0.1, -0.05) is 54.6 Å². The van der Waals surface area contributed by atoms with Crippen molar-refractivity contribution in [2.45, 2.75) is 78.2 Å². The van der Waals surface area contributed by atoms with Crippen LogP contribution in [-0.4, -0.2) is 94.2 Å². The number of benzene rings is 3. The Hall–Kier alpha value is -3.60. The van der Waals surface area contributed by atoms with Gasteiger partial charge in [0, 0.05) is 0 Å². The Morgan fingerprint density at radius 1 is 0.367 bits per heavy atom. The highest BCUT2D eigenvalue weighted by atomic mass is 31.2. The van der Waals surface area contributed by atoms with Gasteiger partial charge in [-0.15, -0.1) is 0 Å². The van der Waals surface area contributed by atoms with E-state index in [2.05, 4.69) is 0 Å². The molecule has 21 heteroatoms. The highest BCUT2D eigenvalue weighted by Crippen LogP contribution is 2.59. The highest BCUT2D eigenvalue weighted by Gasteiger charge is 2.63. The summed E-state index contributed by atoms with van der Waals surface area (Å²) < 4.78 is 113. The smallest absolute Gasteiger partial charge is 0.453 e. The summed E-state index contributed by atoms with van der Waals surface area (Å²) in [7, 11) is -14.3. The third-order valence-electron chi connectivity index (χ3n) is 8.18. The molecule has 0 spiro atoms. The molecule has 0 aliphatic heterocycles. The lowest BCUT2D eigenvalue weighted by Crippen LogP contribution is -2.68. The van der Waals surface area contributed by atoms with Crippen LogP contribution in [0.15, 0.2) is 91.0 Å². The van der Waals surface area contributed by atoms with Gasteiger partial charge in [0.2, 0.25) is 0 Å². The first-order valence-electron chi connectivity index (χ1n) is 19.3. The fraction of sp³-hybridized carbons (Fsp3) is 0.462. The van der Waals surface area contributed by atoms with E-state index in [1.165, 1.54) is 77.9 Å². The minimum Gasteiger partial charge on any atom is -0.453 e. The summed E-state index contributed by atoms with van der Waals surface area (Å²) in [6, 6.07) is 22.7. The van der Waals surface area contributed by atoms with E-state index in [1.807, 2.05) is 0 Å². The summed E-state index contributed by atoms with van der Waals surface area (Å²) in [5.41, 5.74) is -0.0476. The van der Waals surface area contributed by atoms with E-state index in [9.17, 15) is 28.1 Å². The minimum atomic E-state index is -4.77. The molecule has 1 saturated carbocycles. The van der Waals surface area contributed by atoms with Crippen LogP contribution in [0.2, 0.25) is 0 Å². The van der Waals surface area contributed by atoms with Gasteiger partial charge >= 0.3 is 41.4 Å². The summed E-state index contributed by atoms with van der Waals surface area (Å²) in [6.07, 6.45) is -12.4. The second-order valence-corrected chi connectivity index (χ2v) is 17.1. The van der Waals surface area contributed by atoms with Gasteiger partial charge in [0.25, 0.3) is 0 Å². The Morgan fingerprint density at radius 3 is 0.783 bits per heavy atom. The molecule has 60 heavy (non-hydrogen) atoms. The second kappa shape index (κ2) is 23.6. The van der Waals surface area contributed by atoms with E-state index in [-0.39, 0.29) is 56.3 Å². The van der Waals surface area contributed by atoms with Gasteiger partial charge in [-0.3, -0.25) is 40.7 Å². The first kappa shape index (κ1) is 49.1. The van der Waals surface area contributed by atoms with Crippen LogP contribution in [-0.2, 0) is 68.6 Å². The molecule has 0 heterocycles. The van der Waals surface area contributed by atoms with Gasteiger partial charge in [0.1, 0.15) is 18.3 Å². The van der Waals surface area contributed by atoms with E-state index in [0.717, 1.165) is 0 Å². The molecule has 0 saturated heterocycles. The van der Waals surface area contributed by atoms with Crippen LogP contribution in [0.25, 0.3) is 0 Å². The number of hydrogen-bond donors (Lipinski definition) is 0. The Morgan fingerprint density at radius 2 is 0.567 bits per heavy atom. The van der Waals surface area contributed by atoms with Crippen molar-refractivity contribution in [2.24, 2.45) is 0 Å². The van der Waals surface area contributed by atoms with Crippen molar-refractivity contribution in [1.29, 1.82) is 0 Å². The van der Waals surface area contributed by atoms with Crippen molar-refractivity contribution in [3.63, 3.8) is 0 Å². The van der Waals surface area contributed by atoms with E-state index in [4.69, 9.17) is 54.9 Å². The third kappa shape index (κ3) is 13.4. The Bertz CT molecular complexity index is 1920. The fourth-order valence-electron chi connectivity index (χ4n) is 5.87. The van der Waals surface area contributed by atoms with Crippen LogP contribution in [0.5, 0.6) is 0 Å². The van der Waals surface area contributed by atoms with E-state index in [0.29, 0.717) is 0 Å². The molecule has 0 bridgehead atoms. The monoisotopic (exact) mass is 900 g/mol. The summed E-state index contributed by atoms with van der Waals surface area (Å²) in [6.45, 7) is 7.53. The lowest BCUT2D eigenvalue weighted by molar-refractivity contribution is -0.215. The van der Waals surface area contributed by atoms with Crippen LogP contribution in [0.4, 0.5) is 0 Å². The molecule has 1 fully saturated rings. The van der Waals surface area contributed by atoms with Crippen LogP contribution >= 0.6 is 23.5 Å². The third-order valence-corrected chi connectivity index (χ3v) is 13.1. The van der Waals surface area contributed by atoms with E-state index < -0.39 is 78.0 Å². The maximum absolute atomic E-state index is 14.4. The molecule has 4 rings (SSSR count). The number of carbonyl (C=O) groups is 3. The topological polar surface area (TPSA) is 213 Å². The standard InChI is InChI=1S/C39H51O18P3/c1-7-46-58(43,47-8-2)55-34-31(52-37(40)28-22-16-13-17-23-28)32(53-38(41)29-24-18-14-19-25-29)35(56-59(44,48-9-3)49-10-4)36(57-60(45,50-11-5)51-12-6)33(34)54-39(42)30-26-20-15-21-27-30/h13-27,31-36H,7-12H2,1-6H3/t31-,32-,33-,34+,35-,36+/m1/s1. The zero-order valence-electron chi connectivity index (χ0n) is 34.1. The summed E-state index contributed by atoms with van der Waals surface area (Å²) in [4.78, 5) is 42.3. The second-order valence-electron chi connectivity index (χ2n) is 12.3. The zero-order chi connectivity index (χ0) is 43.8. The SMILES string of the molecule is CCOP(=O)(OCC)O[C@H]1[C@H](OC(=O)c2ccccc2)[C@@H](OC(=O)c2ccccc2)[C@@H](OP(=O)(OCC)OCC)[C@@H](OP(=O)(OCC)OCC)[C@@H]1OC(=O)c1ccccc1. The molecule has 0 unspecified atom stereocenters. The normalized spacial score (nSPS) is 20.9. The number of rotatable bonds is 24. The molecule has 0 amide bonds. The lowest BCUT2D eigenvalue weighted by Gasteiger charge is -2.48. The van der Waals surface area contributed by atoms with Crippen LogP contribution in [0.3, 0.4) is 0 Å². The zero-order valence-corrected chi connectivity index (χ0v) is 36.7. The van der Waals surface area contributed by atoms with Crippen molar-refractivity contribution in [2.75, 3.05) is 39.6 Å². The molecule has 18 nitrogen and oxygen atoms in total. The first-order valence-corrected chi connectivity index (χ1v) is 23.7. The quantitative estimate of drug-likeness (QED) is 0.0469. The molecule has 3 aromatic carbocycles. The Labute approximate surface area is 349 Å². The minimum absolute atomic E-state index is 0.0117. The number of phosphoric ester groups is 3. The number of ether oxygens (including phenoxy) is 3. The van der Waals surface area contributed by atoms with Crippen molar-refractivity contribution in [1.82, 2.24) is 0 Å². The van der Waals surface area contributed by atoms with Crippen molar-refractivity contribution < 1.29 is 83.0 Å². The van der Waals surface area contributed by atoms with Gasteiger partial charge in [0.05, 0.1) is 56.3 Å². The molecular formula is C39H51O18P3. The van der Waals surface area contributed by atoms with E-state index in [1.54, 1.807) is 54.6 Å². The largest absolute Gasteiger partial charge is 0.475 e. The molecule has 1 aliphatic carbocycles.